The number of nitrogens with one attached hydrogen (secondary N) is 1. The third-order valence-corrected chi connectivity index (χ3v) is 2.57. The molecule has 86 valence electrons. The molecule has 1 aromatic rings. The lowest BCUT2D eigenvalue weighted by molar-refractivity contribution is 0.285. The van der Waals surface area contributed by atoms with Gasteiger partial charge in [-0.05, 0) is 34.9 Å². The first-order valence-electron chi connectivity index (χ1n) is 5.48. The maximum absolute atomic E-state index is 4.45. The van der Waals surface area contributed by atoms with E-state index >= 15 is 0 Å². The van der Waals surface area contributed by atoms with Crippen molar-refractivity contribution < 1.29 is 0 Å². The zero-order valence-corrected chi connectivity index (χ0v) is 10.4. The number of rotatable bonds is 5. The highest BCUT2D eigenvalue weighted by Crippen LogP contribution is 2.10. The minimum absolute atomic E-state index is 0.510. The minimum Gasteiger partial charge on any atom is -0.356 e. The van der Waals surface area contributed by atoms with E-state index in [1.165, 1.54) is 0 Å². The summed E-state index contributed by atoms with van der Waals surface area (Å²) in [5.74, 6) is 0.976. The van der Waals surface area contributed by atoms with Crippen LogP contribution in [0.4, 0.5) is 5.95 Å². The number of aromatic nitrogens is 2. The molecule has 1 unspecified atom stereocenters. The average Bonchev–Trinajstić information content (AvgIpc) is 2.47. The molecule has 4 nitrogen and oxygen atoms in total. The Balaban J connectivity index is 2.74. The predicted molar refractivity (Wildman–Crippen MR) is 64.3 cm³/mol. The molecule has 0 saturated carbocycles. The molecule has 1 heterocycles. The molecule has 1 atom stereocenters. The van der Waals surface area contributed by atoms with Gasteiger partial charge in [-0.15, -0.1) is 0 Å². The van der Waals surface area contributed by atoms with Gasteiger partial charge in [0.2, 0.25) is 5.95 Å². The number of nitrogens with zero attached hydrogens (tertiary/aromatic N) is 3. The molecule has 0 spiro atoms. The molecule has 15 heavy (non-hydrogen) atoms. The molecule has 1 aromatic heterocycles. The number of hydrogen-bond acceptors (Lipinski definition) is 3. The predicted octanol–water partition coefficient (Wildman–Crippen LogP) is 1.57. The molecular weight excluding hydrogens is 188 g/mol. The number of imidazole rings is 1. The van der Waals surface area contributed by atoms with Gasteiger partial charge < -0.3 is 14.8 Å². The first-order valence-corrected chi connectivity index (χ1v) is 5.48. The van der Waals surface area contributed by atoms with Crippen LogP contribution in [0, 0.1) is 6.92 Å². The second kappa shape index (κ2) is 5.16. The number of aryl methyl sites for hydroxylation is 1. The molecule has 0 aliphatic carbocycles. The quantitative estimate of drug-likeness (QED) is 0.801. The summed E-state index contributed by atoms with van der Waals surface area (Å²) in [6.07, 6.45) is 2.10. The van der Waals surface area contributed by atoms with Crippen LogP contribution in [0.3, 0.4) is 0 Å². The number of likely N-dealkylation sites (N-methyl/N-ethyl adjacent to an activating group) is 1. The molecular formula is C11H22N4. The van der Waals surface area contributed by atoms with Crippen LogP contribution in [-0.4, -0.2) is 41.1 Å². The topological polar surface area (TPSA) is 33.1 Å². The third kappa shape index (κ3) is 3.23. The lowest BCUT2D eigenvalue weighted by atomic mass is 10.3. The van der Waals surface area contributed by atoms with Gasteiger partial charge in [-0.25, -0.2) is 4.98 Å². The fourth-order valence-corrected chi connectivity index (χ4v) is 1.43. The summed E-state index contributed by atoms with van der Waals surface area (Å²) < 4.78 is 2.18. The summed E-state index contributed by atoms with van der Waals surface area (Å²) >= 11 is 0. The van der Waals surface area contributed by atoms with Crippen LogP contribution in [0.1, 0.15) is 19.5 Å². The standard InChI is InChI=1S/C11H22N4/c1-6-12-11-13-9(2)7-15(11)8-10(3)14(4)5/h7,10H,6,8H2,1-5H3,(H,12,13). The van der Waals surface area contributed by atoms with Crippen molar-refractivity contribution in [3.8, 4) is 0 Å². The first-order chi connectivity index (χ1) is 7.04. The Hall–Kier alpha value is -1.03. The first kappa shape index (κ1) is 12.0. The van der Waals surface area contributed by atoms with Crippen molar-refractivity contribution >= 4 is 5.95 Å². The van der Waals surface area contributed by atoms with E-state index in [9.17, 15) is 0 Å². The Morgan fingerprint density at radius 1 is 1.53 bits per heavy atom. The molecule has 0 bridgehead atoms. The summed E-state index contributed by atoms with van der Waals surface area (Å²) in [5, 5.41) is 3.27. The second-order valence-electron chi connectivity index (χ2n) is 4.20. The highest BCUT2D eigenvalue weighted by atomic mass is 15.2. The van der Waals surface area contributed by atoms with Crippen molar-refractivity contribution in [1.82, 2.24) is 14.5 Å². The Bertz CT molecular complexity index is 304. The maximum atomic E-state index is 4.45. The van der Waals surface area contributed by atoms with Crippen LogP contribution in [0.25, 0.3) is 0 Å². The normalized spacial score (nSPS) is 13.2. The largest absolute Gasteiger partial charge is 0.356 e. The van der Waals surface area contributed by atoms with Crippen molar-refractivity contribution in [3.63, 3.8) is 0 Å². The Labute approximate surface area is 92.3 Å². The molecule has 0 aromatic carbocycles. The number of hydrogen-bond donors (Lipinski definition) is 1. The SMILES string of the molecule is CCNc1nc(C)cn1CC(C)N(C)C. The highest BCUT2D eigenvalue weighted by Gasteiger charge is 2.09. The fraction of sp³-hybridized carbons (Fsp3) is 0.727. The average molecular weight is 210 g/mol. The molecule has 0 amide bonds. The van der Waals surface area contributed by atoms with Crippen molar-refractivity contribution in [3.05, 3.63) is 11.9 Å². The lowest BCUT2D eigenvalue weighted by Crippen LogP contribution is -2.29. The van der Waals surface area contributed by atoms with E-state index < -0.39 is 0 Å². The van der Waals surface area contributed by atoms with Crippen LogP contribution in [0.5, 0.6) is 0 Å². The molecule has 1 N–H and O–H groups in total. The highest BCUT2D eigenvalue weighted by molar-refractivity contribution is 5.28. The molecule has 0 aliphatic heterocycles. The maximum Gasteiger partial charge on any atom is 0.203 e. The molecule has 4 heteroatoms. The monoisotopic (exact) mass is 210 g/mol. The van der Waals surface area contributed by atoms with Gasteiger partial charge in [0.05, 0.1) is 5.69 Å². The number of anilines is 1. The van der Waals surface area contributed by atoms with Crippen molar-refractivity contribution in [2.24, 2.45) is 0 Å². The summed E-state index contributed by atoms with van der Waals surface area (Å²) in [4.78, 5) is 6.66. The second-order valence-corrected chi connectivity index (χ2v) is 4.20. The Morgan fingerprint density at radius 2 is 2.20 bits per heavy atom. The summed E-state index contributed by atoms with van der Waals surface area (Å²) in [5.41, 5.74) is 1.07. The van der Waals surface area contributed by atoms with Gasteiger partial charge in [-0.2, -0.15) is 0 Å². The van der Waals surface area contributed by atoms with Crippen molar-refractivity contribution in [2.45, 2.75) is 33.4 Å². The summed E-state index contributed by atoms with van der Waals surface area (Å²) in [6, 6.07) is 0.510. The van der Waals surface area contributed by atoms with Gasteiger partial charge in [-0.3, -0.25) is 0 Å². The zero-order valence-electron chi connectivity index (χ0n) is 10.4. The Morgan fingerprint density at radius 3 is 2.73 bits per heavy atom. The zero-order chi connectivity index (χ0) is 11.4. The van der Waals surface area contributed by atoms with E-state index in [2.05, 4.69) is 53.9 Å². The van der Waals surface area contributed by atoms with E-state index in [1.54, 1.807) is 0 Å². The molecule has 0 aliphatic rings. The van der Waals surface area contributed by atoms with Gasteiger partial charge in [0.25, 0.3) is 0 Å². The van der Waals surface area contributed by atoms with E-state index in [1.807, 2.05) is 6.92 Å². The van der Waals surface area contributed by atoms with Crippen LogP contribution in [0.2, 0.25) is 0 Å². The van der Waals surface area contributed by atoms with Crippen LogP contribution >= 0.6 is 0 Å². The van der Waals surface area contributed by atoms with Crippen LogP contribution in [0.15, 0.2) is 6.20 Å². The van der Waals surface area contributed by atoms with Crippen molar-refractivity contribution in [2.75, 3.05) is 26.0 Å². The van der Waals surface area contributed by atoms with Gasteiger partial charge in [0.1, 0.15) is 0 Å². The van der Waals surface area contributed by atoms with E-state index in [0.717, 1.165) is 24.7 Å². The summed E-state index contributed by atoms with van der Waals surface area (Å²) in [6.45, 7) is 8.20. The molecule has 0 saturated heterocycles. The molecule has 1 rings (SSSR count). The smallest absolute Gasteiger partial charge is 0.203 e. The molecule has 0 radical (unpaired) electrons. The van der Waals surface area contributed by atoms with E-state index in [0.29, 0.717) is 6.04 Å². The lowest BCUT2D eigenvalue weighted by Gasteiger charge is -2.21. The van der Waals surface area contributed by atoms with Crippen LogP contribution in [-0.2, 0) is 6.54 Å². The van der Waals surface area contributed by atoms with Crippen molar-refractivity contribution in [1.29, 1.82) is 0 Å². The van der Waals surface area contributed by atoms with Gasteiger partial charge in [0, 0.05) is 25.3 Å². The summed E-state index contributed by atoms with van der Waals surface area (Å²) in [7, 11) is 4.20. The van der Waals surface area contributed by atoms with Gasteiger partial charge in [0.15, 0.2) is 0 Å². The van der Waals surface area contributed by atoms with Crippen LogP contribution < -0.4 is 5.32 Å². The Kier molecular flexibility index (Phi) is 4.15. The van der Waals surface area contributed by atoms with Gasteiger partial charge >= 0.3 is 0 Å². The third-order valence-electron chi connectivity index (χ3n) is 2.57. The van der Waals surface area contributed by atoms with E-state index in [-0.39, 0.29) is 0 Å². The van der Waals surface area contributed by atoms with Gasteiger partial charge in [-0.1, -0.05) is 0 Å². The minimum atomic E-state index is 0.510. The molecule has 0 fully saturated rings. The van der Waals surface area contributed by atoms with E-state index in [4.69, 9.17) is 0 Å². The fourth-order valence-electron chi connectivity index (χ4n) is 1.43.